The van der Waals surface area contributed by atoms with Crippen molar-refractivity contribution in [3.8, 4) is 21.8 Å². The summed E-state index contributed by atoms with van der Waals surface area (Å²) in [5.41, 5.74) is 4.11. The number of benzene rings is 3. The molecule has 3 aromatic carbocycles. The minimum Gasteiger partial charge on any atom is -0.348 e. The highest BCUT2D eigenvalue weighted by atomic mass is 32.1. The van der Waals surface area contributed by atoms with Gasteiger partial charge in [0.1, 0.15) is 17.2 Å². The highest BCUT2D eigenvalue weighted by Gasteiger charge is 2.23. The van der Waals surface area contributed by atoms with Crippen LogP contribution >= 0.6 is 11.3 Å². The lowest BCUT2D eigenvalue weighted by Gasteiger charge is -2.25. The zero-order valence-corrected chi connectivity index (χ0v) is 26.7. The number of anilines is 4. The summed E-state index contributed by atoms with van der Waals surface area (Å²) < 4.78 is 28.6. The van der Waals surface area contributed by atoms with Gasteiger partial charge in [0.2, 0.25) is 5.95 Å². The average molecular weight is 652 g/mol. The number of aromatic nitrogens is 3. The molecule has 0 saturated carbocycles. The molecule has 240 valence electrons. The Bertz CT molecular complexity index is 1860. The van der Waals surface area contributed by atoms with Crippen molar-refractivity contribution in [2.45, 2.75) is 38.6 Å². The van der Waals surface area contributed by atoms with E-state index in [0.717, 1.165) is 79.0 Å². The molecular weight excluding hydrogens is 617 g/mol. The third-order valence-electron chi connectivity index (χ3n) is 8.50. The van der Waals surface area contributed by atoms with E-state index in [0.29, 0.717) is 23.0 Å². The van der Waals surface area contributed by atoms with Crippen LogP contribution in [0.25, 0.3) is 21.8 Å². The topological polar surface area (TPSA) is 86.3 Å². The van der Waals surface area contributed by atoms with Gasteiger partial charge in [-0.15, -0.1) is 0 Å². The fourth-order valence-electron chi connectivity index (χ4n) is 6.17. The number of amides is 1. The fourth-order valence-corrected chi connectivity index (χ4v) is 7.28. The second-order valence-electron chi connectivity index (χ2n) is 11.9. The van der Waals surface area contributed by atoms with Crippen LogP contribution in [0, 0.1) is 11.6 Å². The van der Waals surface area contributed by atoms with E-state index in [1.165, 1.54) is 30.9 Å². The third kappa shape index (κ3) is 7.16. The van der Waals surface area contributed by atoms with Crippen LogP contribution in [-0.4, -0.2) is 51.9 Å². The Morgan fingerprint density at radius 2 is 1.53 bits per heavy atom. The molecule has 0 atom stereocenters. The molecule has 5 aromatic rings. The van der Waals surface area contributed by atoms with Gasteiger partial charge in [0.25, 0.3) is 5.91 Å². The number of halogens is 2. The van der Waals surface area contributed by atoms with E-state index in [2.05, 4.69) is 43.6 Å². The first kappa shape index (κ1) is 30.9. The number of hydrogen-bond donors (Lipinski definition) is 2. The summed E-state index contributed by atoms with van der Waals surface area (Å²) in [5, 5.41) is 6.94. The maximum atomic E-state index is 14.3. The van der Waals surface area contributed by atoms with E-state index in [4.69, 9.17) is 9.97 Å². The van der Waals surface area contributed by atoms with E-state index in [9.17, 15) is 13.6 Å². The molecule has 7 rings (SSSR count). The Morgan fingerprint density at radius 1 is 0.809 bits per heavy atom. The van der Waals surface area contributed by atoms with Crippen LogP contribution in [0.4, 0.5) is 31.2 Å². The SMILES string of the molecule is O=C(Nc1cccc(-c2nc(N3CCCCC3)sc2-c2ccnc(Nc3cccc(CN4CCCC4)c3)n2)c1)c1c(F)cccc1F. The molecule has 4 heterocycles. The lowest BCUT2D eigenvalue weighted by atomic mass is 10.1. The fraction of sp³-hybridized carbons (Fsp3) is 0.278. The second kappa shape index (κ2) is 13.9. The lowest BCUT2D eigenvalue weighted by Crippen LogP contribution is -2.29. The van der Waals surface area contributed by atoms with Crippen molar-refractivity contribution in [1.29, 1.82) is 0 Å². The quantitative estimate of drug-likeness (QED) is 0.166. The molecule has 8 nitrogen and oxygen atoms in total. The number of carbonyl (C=O) groups is 1. The Hall–Kier alpha value is -4.74. The zero-order valence-electron chi connectivity index (χ0n) is 25.9. The van der Waals surface area contributed by atoms with Crippen molar-refractivity contribution < 1.29 is 13.6 Å². The summed E-state index contributed by atoms with van der Waals surface area (Å²) >= 11 is 1.57. The Kier molecular flexibility index (Phi) is 9.16. The maximum absolute atomic E-state index is 14.3. The Labute approximate surface area is 276 Å². The number of hydrogen-bond acceptors (Lipinski definition) is 8. The molecule has 0 unspecified atom stereocenters. The van der Waals surface area contributed by atoms with Gasteiger partial charge in [-0.05, 0) is 93.2 Å². The molecule has 2 aliphatic rings. The van der Waals surface area contributed by atoms with Crippen molar-refractivity contribution in [2.75, 3.05) is 41.7 Å². The minimum absolute atomic E-state index is 0.396. The smallest absolute Gasteiger partial charge is 0.261 e. The number of nitrogens with one attached hydrogen (secondary N) is 2. The number of piperidine rings is 1. The van der Waals surface area contributed by atoms with Crippen LogP contribution in [0.3, 0.4) is 0 Å². The normalized spacial score (nSPS) is 15.1. The first-order valence-electron chi connectivity index (χ1n) is 16.0. The van der Waals surface area contributed by atoms with E-state index >= 15 is 0 Å². The summed E-state index contributed by atoms with van der Waals surface area (Å²) in [6, 6.07) is 20.7. The molecule has 0 radical (unpaired) electrons. The summed E-state index contributed by atoms with van der Waals surface area (Å²) in [4.78, 5) is 33.0. The van der Waals surface area contributed by atoms with Crippen molar-refractivity contribution in [3.05, 3.63) is 102 Å². The van der Waals surface area contributed by atoms with E-state index in [1.54, 1.807) is 35.7 Å². The van der Waals surface area contributed by atoms with Gasteiger partial charge in [-0.25, -0.2) is 23.7 Å². The van der Waals surface area contributed by atoms with Crippen LogP contribution in [0.5, 0.6) is 0 Å². The van der Waals surface area contributed by atoms with Crippen molar-refractivity contribution in [1.82, 2.24) is 19.9 Å². The second-order valence-corrected chi connectivity index (χ2v) is 12.9. The highest BCUT2D eigenvalue weighted by Crippen LogP contribution is 2.41. The summed E-state index contributed by atoms with van der Waals surface area (Å²) in [7, 11) is 0. The summed E-state index contributed by atoms with van der Waals surface area (Å²) in [5.74, 6) is -2.22. The van der Waals surface area contributed by atoms with Gasteiger partial charge in [-0.3, -0.25) is 9.69 Å². The van der Waals surface area contributed by atoms with Crippen LogP contribution in [0.2, 0.25) is 0 Å². The molecule has 0 bridgehead atoms. The van der Waals surface area contributed by atoms with E-state index < -0.39 is 23.1 Å². The van der Waals surface area contributed by atoms with Crippen LogP contribution < -0.4 is 15.5 Å². The molecule has 1 amide bonds. The lowest BCUT2D eigenvalue weighted by molar-refractivity contribution is 0.101. The van der Waals surface area contributed by atoms with Crippen molar-refractivity contribution in [2.24, 2.45) is 0 Å². The number of rotatable bonds is 9. The summed E-state index contributed by atoms with van der Waals surface area (Å²) in [6.07, 6.45) is 7.66. The third-order valence-corrected chi connectivity index (χ3v) is 9.64. The van der Waals surface area contributed by atoms with Gasteiger partial charge in [0.05, 0.1) is 16.3 Å². The Balaban J connectivity index is 1.19. The maximum Gasteiger partial charge on any atom is 0.261 e. The van der Waals surface area contributed by atoms with Gasteiger partial charge in [0, 0.05) is 42.8 Å². The first-order valence-corrected chi connectivity index (χ1v) is 16.9. The number of nitrogens with zero attached hydrogens (tertiary/aromatic N) is 5. The Morgan fingerprint density at radius 3 is 2.34 bits per heavy atom. The molecule has 2 N–H and O–H groups in total. The van der Waals surface area contributed by atoms with Gasteiger partial charge in [-0.2, -0.15) is 0 Å². The molecule has 47 heavy (non-hydrogen) atoms. The number of thiazole rings is 1. The molecule has 0 spiro atoms. The number of likely N-dealkylation sites (tertiary alicyclic amines) is 1. The first-order chi connectivity index (χ1) is 23.0. The van der Waals surface area contributed by atoms with Gasteiger partial charge in [0.15, 0.2) is 5.13 Å². The van der Waals surface area contributed by atoms with Crippen LogP contribution in [-0.2, 0) is 6.54 Å². The molecular formula is C36H35F2N7OS. The predicted molar refractivity (Wildman–Crippen MR) is 183 cm³/mol. The standard InChI is InChI=1S/C36H35F2N7OS/c37-28-13-8-14-29(38)31(28)34(46)40-27-12-7-10-25(22-27)32-33(47-36(43-32)45-19-2-1-3-20-45)30-15-16-39-35(42-30)41-26-11-6-9-24(21-26)23-44-17-4-5-18-44/h6-16,21-22H,1-5,17-20,23H2,(H,40,46)(H,39,41,42). The monoisotopic (exact) mass is 651 g/mol. The predicted octanol–water partition coefficient (Wildman–Crippen LogP) is 8.13. The molecule has 2 aromatic heterocycles. The average Bonchev–Trinajstić information content (AvgIpc) is 3.76. The largest absolute Gasteiger partial charge is 0.348 e. The van der Waals surface area contributed by atoms with Gasteiger partial charge < -0.3 is 15.5 Å². The molecule has 2 saturated heterocycles. The summed E-state index contributed by atoms with van der Waals surface area (Å²) in [6.45, 7) is 5.06. The molecule has 2 aliphatic heterocycles. The van der Waals surface area contributed by atoms with E-state index in [-0.39, 0.29) is 0 Å². The van der Waals surface area contributed by atoms with E-state index in [1.807, 2.05) is 18.2 Å². The van der Waals surface area contributed by atoms with Gasteiger partial charge in [-0.1, -0.05) is 41.7 Å². The highest BCUT2D eigenvalue weighted by molar-refractivity contribution is 7.19. The van der Waals surface area contributed by atoms with Gasteiger partial charge >= 0.3 is 0 Å². The molecule has 11 heteroatoms. The molecule has 2 fully saturated rings. The minimum atomic E-state index is -0.918. The van der Waals surface area contributed by atoms with Crippen LogP contribution in [0.15, 0.2) is 79.0 Å². The van der Waals surface area contributed by atoms with Crippen molar-refractivity contribution >= 4 is 39.7 Å². The molecule has 0 aliphatic carbocycles. The van der Waals surface area contributed by atoms with Crippen molar-refractivity contribution in [3.63, 3.8) is 0 Å². The van der Waals surface area contributed by atoms with Crippen LogP contribution in [0.1, 0.15) is 48.0 Å². The number of carbonyl (C=O) groups excluding carboxylic acids is 1. The zero-order chi connectivity index (χ0) is 32.2.